The third kappa shape index (κ3) is 3.54. The van der Waals surface area contributed by atoms with Crippen LogP contribution in [0.1, 0.15) is 45.8 Å². The molecule has 3 N–H and O–H groups in total. The van der Waals surface area contributed by atoms with Gasteiger partial charge in [-0.3, -0.25) is 4.79 Å². The standard InChI is InChI=1S/C18H21N3O.ClH/c1-12-10-13(6-7-14(12)11-19)17(22)15-4-2-8-20-18-16(15)5-3-9-21-18;/h3,5-7,9-10,15H,2,4,8,11,19H2,1H3,(H,20,21);1H. The third-order valence-electron chi connectivity index (χ3n) is 4.34. The van der Waals surface area contributed by atoms with Crippen molar-refractivity contribution in [2.24, 2.45) is 5.73 Å². The fraction of sp³-hybridized carbons (Fsp3) is 0.333. The summed E-state index contributed by atoms with van der Waals surface area (Å²) >= 11 is 0. The number of hydrogen-bond acceptors (Lipinski definition) is 4. The van der Waals surface area contributed by atoms with Crippen LogP contribution in [0.3, 0.4) is 0 Å². The highest BCUT2D eigenvalue weighted by molar-refractivity contribution is 6.01. The predicted octanol–water partition coefficient (Wildman–Crippen LogP) is 3.44. The van der Waals surface area contributed by atoms with Gasteiger partial charge < -0.3 is 11.1 Å². The molecule has 1 atom stereocenters. The first-order chi connectivity index (χ1) is 10.7. The van der Waals surface area contributed by atoms with E-state index in [0.29, 0.717) is 6.54 Å². The van der Waals surface area contributed by atoms with E-state index in [1.165, 1.54) is 0 Å². The van der Waals surface area contributed by atoms with Gasteiger partial charge in [-0.2, -0.15) is 0 Å². The number of Topliss-reactive ketones (excluding diaryl/α,β-unsaturated/α-hetero) is 1. The minimum atomic E-state index is -0.123. The van der Waals surface area contributed by atoms with E-state index < -0.39 is 0 Å². The highest BCUT2D eigenvalue weighted by Crippen LogP contribution is 2.32. The molecule has 122 valence electrons. The topological polar surface area (TPSA) is 68.0 Å². The molecule has 23 heavy (non-hydrogen) atoms. The van der Waals surface area contributed by atoms with Crippen molar-refractivity contribution in [3.05, 3.63) is 58.8 Å². The van der Waals surface area contributed by atoms with E-state index in [-0.39, 0.29) is 24.1 Å². The Kier molecular flexibility index (Phi) is 5.74. The monoisotopic (exact) mass is 331 g/mol. The number of hydrogen-bond donors (Lipinski definition) is 2. The van der Waals surface area contributed by atoms with Crippen molar-refractivity contribution in [2.45, 2.75) is 32.2 Å². The molecule has 4 nitrogen and oxygen atoms in total. The van der Waals surface area contributed by atoms with Crippen LogP contribution in [0.15, 0.2) is 36.5 Å². The molecular weight excluding hydrogens is 310 g/mol. The van der Waals surface area contributed by atoms with Gasteiger partial charge >= 0.3 is 0 Å². The van der Waals surface area contributed by atoms with Gasteiger partial charge in [0, 0.05) is 30.4 Å². The largest absolute Gasteiger partial charge is 0.370 e. The maximum atomic E-state index is 13.0. The van der Waals surface area contributed by atoms with Crippen LogP contribution < -0.4 is 11.1 Å². The van der Waals surface area contributed by atoms with Crippen molar-refractivity contribution < 1.29 is 4.79 Å². The SMILES string of the molecule is Cc1cc(C(=O)C2CCCNc3ncccc32)ccc1CN.Cl. The maximum Gasteiger partial charge on any atom is 0.170 e. The van der Waals surface area contributed by atoms with E-state index in [1.807, 2.05) is 37.3 Å². The quantitative estimate of drug-likeness (QED) is 0.845. The number of nitrogens with one attached hydrogen (secondary N) is 1. The van der Waals surface area contributed by atoms with Gasteiger partial charge in [-0.1, -0.05) is 18.2 Å². The molecule has 2 aromatic rings. The summed E-state index contributed by atoms with van der Waals surface area (Å²) in [5.74, 6) is 0.889. The molecule has 1 aromatic heterocycles. The number of benzene rings is 1. The summed E-state index contributed by atoms with van der Waals surface area (Å²) in [7, 11) is 0. The first kappa shape index (κ1) is 17.4. The van der Waals surface area contributed by atoms with Crippen molar-refractivity contribution in [3.8, 4) is 0 Å². The minimum absolute atomic E-state index is 0. The van der Waals surface area contributed by atoms with E-state index in [1.54, 1.807) is 6.20 Å². The molecule has 1 unspecified atom stereocenters. The summed E-state index contributed by atoms with van der Waals surface area (Å²) < 4.78 is 0. The number of carbonyl (C=O) groups is 1. The number of aryl methyl sites for hydroxylation is 1. The van der Waals surface area contributed by atoms with Gasteiger partial charge in [-0.15, -0.1) is 12.4 Å². The Morgan fingerprint density at radius 1 is 1.39 bits per heavy atom. The summed E-state index contributed by atoms with van der Waals surface area (Å²) in [5.41, 5.74) is 9.63. The van der Waals surface area contributed by atoms with Crippen LogP contribution in [0.25, 0.3) is 0 Å². The average Bonchev–Trinajstić information content (AvgIpc) is 2.76. The second kappa shape index (κ2) is 7.57. The Morgan fingerprint density at radius 2 is 2.22 bits per heavy atom. The number of fused-ring (bicyclic) bond motifs is 1. The lowest BCUT2D eigenvalue weighted by atomic mass is 9.87. The van der Waals surface area contributed by atoms with Crippen LogP contribution in [-0.2, 0) is 6.54 Å². The van der Waals surface area contributed by atoms with Crippen molar-refractivity contribution in [1.82, 2.24) is 4.98 Å². The van der Waals surface area contributed by atoms with Gasteiger partial charge in [-0.25, -0.2) is 4.98 Å². The number of rotatable bonds is 3. The molecule has 1 aliphatic heterocycles. The molecule has 1 aromatic carbocycles. The first-order valence-electron chi connectivity index (χ1n) is 7.73. The third-order valence-corrected chi connectivity index (χ3v) is 4.34. The molecule has 0 bridgehead atoms. The van der Waals surface area contributed by atoms with E-state index in [9.17, 15) is 4.79 Å². The summed E-state index contributed by atoms with van der Waals surface area (Å²) in [6.45, 7) is 3.36. The zero-order valence-corrected chi connectivity index (χ0v) is 14.0. The van der Waals surface area contributed by atoms with Gasteiger partial charge in [-0.05, 0) is 43.0 Å². The lowest BCUT2D eigenvalue weighted by Crippen LogP contribution is -2.14. The number of aromatic nitrogens is 1. The average molecular weight is 332 g/mol. The van der Waals surface area contributed by atoms with Crippen molar-refractivity contribution in [2.75, 3.05) is 11.9 Å². The Hall–Kier alpha value is -1.91. The minimum Gasteiger partial charge on any atom is -0.370 e. The number of nitrogens with zero attached hydrogens (tertiary/aromatic N) is 1. The van der Waals surface area contributed by atoms with Crippen LogP contribution >= 0.6 is 12.4 Å². The fourth-order valence-electron chi connectivity index (χ4n) is 3.07. The highest BCUT2D eigenvalue weighted by Gasteiger charge is 2.26. The number of nitrogens with two attached hydrogens (primary N) is 1. The molecule has 3 rings (SSSR count). The maximum absolute atomic E-state index is 13.0. The Labute approximate surface area is 142 Å². The lowest BCUT2D eigenvalue weighted by Gasteiger charge is -2.16. The molecule has 0 radical (unpaired) electrons. The van der Waals surface area contributed by atoms with Crippen LogP contribution in [0.4, 0.5) is 5.82 Å². The molecule has 0 saturated carbocycles. The zero-order chi connectivity index (χ0) is 15.5. The summed E-state index contributed by atoms with van der Waals surface area (Å²) in [4.78, 5) is 17.4. The van der Waals surface area contributed by atoms with Gasteiger partial charge in [0.2, 0.25) is 0 Å². The molecule has 2 heterocycles. The smallest absolute Gasteiger partial charge is 0.170 e. The summed E-state index contributed by atoms with van der Waals surface area (Å²) in [6, 6.07) is 9.71. The van der Waals surface area contributed by atoms with Crippen LogP contribution in [-0.4, -0.2) is 17.3 Å². The molecule has 0 saturated heterocycles. The number of anilines is 1. The van der Waals surface area contributed by atoms with Crippen molar-refractivity contribution in [1.29, 1.82) is 0 Å². The second-order valence-corrected chi connectivity index (χ2v) is 5.77. The van der Waals surface area contributed by atoms with Gasteiger partial charge in [0.15, 0.2) is 5.78 Å². The molecule has 5 heteroatoms. The van der Waals surface area contributed by atoms with E-state index in [4.69, 9.17) is 5.73 Å². The van der Waals surface area contributed by atoms with Crippen molar-refractivity contribution in [3.63, 3.8) is 0 Å². The zero-order valence-electron chi connectivity index (χ0n) is 13.2. The highest BCUT2D eigenvalue weighted by atomic mass is 35.5. The van der Waals surface area contributed by atoms with Gasteiger partial charge in [0.25, 0.3) is 0 Å². The molecule has 0 spiro atoms. The summed E-state index contributed by atoms with van der Waals surface area (Å²) in [6.07, 6.45) is 3.58. The van der Waals surface area contributed by atoms with E-state index >= 15 is 0 Å². The van der Waals surface area contributed by atoms with Gasteiger partial charge in [0.1, 0.15) is 5.82 Å². The van der Waals surface area contributed by atoms with Crippen LogP contribution in [0.5, 0.6) is 0 Å². The molecule has 0 aliphatic carbocycles. The Morgan fingerprint density at radius 3 is 2.96 bits per heavy atom. The Balaban J connectivity index is 0.00000192. The number of halogens is 1. The molecular formula is C18H22ClN3O. The van der Waals surface area contributed by atoms with E-state index in [0.717, 1.165) is 47.5 Å². The Bertz CT molecular complexity index is 702. The molecule has 0 amide bonds. The second-order valence-electron chi connectivity index (χ2n) is 5.77. The molecule has 0 fully saturated rings. The van der Waals surface area contributed by atoms with Gasteiger partial charge in [0.05, 0.1) is 5.92 Å². The summed E-state index contributed by atoms with van der Waals surface area (Å²) in [5, 5.41) is 3.31. The number of pyridine rings is 1. The van der Waals surface area contributed by atoms with Crippen LogP contribution in [0.2, 0.25) is 0 Å². The van der Waals surface area contributed by atoms with Crippen molar-refractivity contribution >= 4 is 24.0 Å². The number of ketones is 1. The van der Waals surface area contributed by atoms with Crippen LogP contribution in [0, 0.1) is 6.92 Å². The fourth-order valence-corrected chi connectivity index (χ4v) is 3.07. The predicted molar refractivity (Wildman–Crippen MR) is 95.4 cm³/mol. The lowest BCUT2D eigenvalue weighted by molar-refractivity contribution is 0.0955. The number of carbonyl (C=O) groups excluding carboxylic acids is 1. The molecule has 1 aliphatic rings. The van der Waals surface area contributed by atoms with E-state index in [2.05, 4.69) is 10.3 Å². The normalized spacial score (nSPS) is 16.5. The first-order valence-corrected chi connectivity index (χ1v) is 7.73.